The number of H-pyrrole nitrogens is 1. The zero-order valence-electron chi connectivity index (χ0n) is 24.0. The van der Waals surface area contributed by atoms with Crippen LogP contribution < -0.4 is 0 Å². The quantitative estimate of drug-likeness (QED) is 0.222. The van der Waals surface area contributed by atoms with Crippen molar-refractivity contribution in [1.82, 2.24) is 19.5 Å². The number of aromatic nitrogens is 4. The molecule has 0 aliphatic heterocycles. The Morgan fingerprint density at radius 3 is 2.11 bits per heavy atom. The lowest BCUT2D eigenvalue weighted by Gasteiger charge is -2.08. The Bertz CT molecular complexity index is 2750. The second-order valence-electron chi connectivity index (χ2n) is 11.5. The summed E-state index contributed by atoms with van der Waals surface area (Å²) in [6, 6.07) is 49.4. The maximum Gasteiger partial charge on any atom is 0.160 e. The lowest BCUT2D eigenvalue weighted by Crippen LogP contribution is -1.94. The van der Waals surface area contributed by atoms with Crippen molar-refractivity contribution in [2.24, 2.45) is 0 Å². The number of nitrogens with one attached hydrogen (secondary N) is 1. The molecule has 0 aliphatic rings. The first kappa shape index (κ1) is 24.6. The molecule has 0 saturated heterocycles. The summed E-state index contributed by atoms with van der Waals surface area (Å²) in [4.78, 5) is 14.0. The van der Waals surface area contributed by atoms with E-state index in [1.54, 1.807) is 11.3 Å². The van der Waals surface area contributed by atoms with Crippen LogP contribution in [-0.2, 0) is 0 Å². The summed E-state index contributed by atoms with van der Waals surface area (Å²) in [5.74, 6) is 0.746. The lowest BCUT2D eigenvalue weighted by atomic mass is 10.1. The van der Waals surface area contributed by atoms with Crippen LogP contribution in [-0.4, -0.2) is 19.5 Å². The third-order valence-electron chi connectivity index (χ3n) is 8.95. The van der Waals surface area contributed by atoms with E-state index in [9.17, 15) is 0 Å². The molecule has 0 radical (unpaired) electrons. The van der Waals surface area contributed by atoms with Gasteiger partial charge in [-0.3, -0.25) is 0 Å². The Labute approximate surface area is 261 Å². The van der Waals surface area contributed by atoms with Crippen molar-refractivity contribution >= 4 is 75.3 Å². The monoisotopic (exact) mass is 592 g/mol. The molecule has 5 heteroatoms. The third kappa shape index (κ3) is 3.59. The van der Waals surface area contributed by atoms with Crippen LogP contribution in [0.1, 0.15) is 0 Å². The zero-order chi connectivity index (χ0) is 29.5. The molecule has 1 N–H and O–H groups in total. The van der Waals surface area contributed by atoms with Crippen LogP contribution in [0.4, 0.5) is 0 Å². The second-order valence-corrected chi connectivity index (χ2v) is 12.5. The largest absolute Gasteiger partial charge is 0.354 e. The topological polar surface area (TPSA) is 46.5 Å². The maximum atomic E-state index is 5.16. The van der Waals surface area contributed by atoms with Gasteiger partial charge in [-0.1, -0.05) is 103 Å². The summed E-state index contributed by atoms with van der Waals surface area (Å²) < 4.78 is 4.70. The third-order valence-corrected chi connectivity index (χ3v) is 10.1. The molecule has 0 amide bonds. The second kappa shape index (κ2) is 9.36. The summed E-state index contributed by atoms with van der Waals surface area (Å²) in [6.07, 6.45) is 0. The summed E-state index contributed by atoms with van der Waals surface area (Å²) in [5.41, 5.74) is 9.93. The van der Waals surface area contributed by atoms with Crippen LogP contribution in [0.15, 0.2) is 140 Å². The van der Waals surface area contributed by atoms with Crippen molar-refractivity contribution in [3.8, 4) is 28.3 Å². The van der Waals surface area contributed by atoms with E-state index in [1.165, 1.54) is 42.8 Å². The normalized spacial score (nSPS) is 12.0. The molecule has 4 nitrogen and oxygen atoms in total. The van der Waals surface area contributed by atoms with Crippen molar-refractivity contribution in [3.63, 3.8) is 0 Å². The van der Waals surface area contributed by atoms with Gasteiger partial charge in [-0.05, 0) is 36.4 Å². The molecule has 0 unspecified atom stereocenters. The van der Waals surface area contributed by atoms with Crippen molar-refractivity contribution in [3.05, 3.63) is 140 Å². The predicted molar refractivity (Wildman–Crippen MR) is 189 cm³/mol. The van der Waals surface area contributed by atoms with Crippen molar-refractivity contribution < 1.29 is 0 Å². The van der Waals surface area contributed by atoms with Gasteiger partial charge in [0.2, 0.25) is 0 Å². The van der Waals surface area contributed by atoms with E-state index >= 15 is 0 Å². The molecule has 10 aromatic rings. The van der Waals surface area contributed by atoms with E-state index in [2.05, 4.69) is 125 Å². The van der Waals surface area contributed by atoms with E-state index in [-0.39, 0.29) is 0 Å². The lowest BCUT2D eigenvalue weighted by molar-refractivity contribution is 1.19. The van der Waals surface area contributed by atoms with E-state index in [0.717, 1.165) is 49.5 Å². The average Bonchev–Trinajstić information content (AvgIpc) is 3.77. The fourth-order valence-electron chi connectivity index (χ4n) is 6.93. The first-order valence-corrected chi connectivity index (χ1v) is 15.9. The van der Waals surface area contributed by atoms with Gasteiger partial charge in [-0.25, -0.2) is 9.97 Å². The number of para-hydroxylation sites is 2. The highest BCUT2D eigenvalue weighted by Crippen LogP contribution is 2.42. The molecular formula is C40H24N4S. The maximum absolute atomic E-state index is 5.16. The minimum Gasteiger partial charge on any atom is -0.354 e. The average molecular weight is 593 g/mol. The van der Waals surface area contributed by atoms with Gasteiger partial charge in [0.15, 0.2) is 5.82 Å². The molecule has 10 rings (SSSR count). The Hall–Kier alpha value is -5.78. The molecule has 0 aliphatic carbocycles. The van der Waals surface area contributed by atoms with Gasteiger partial charge >= 0.3 is 0 Å². The SMILES string of the molecule is c1ccc(-c2nc(-c3ccccc3)c3sc4cc(-n5c6ccccc6c6c7[nH]c8ccccc8c7ccc65)ccc4c3n2)cc1. The molecule has 0 spiro atoms. The standard InChI is InChI=1S/C40H24N4S/c1-3-11-24(12-4-1)36-39-38(43-40(42-36)25-13-5-2-6-14-25)30-20-19-26(23-34(30)45-39)44-32-18-10-8-16-29(32)35-33(44)22-21-28-27-15-7-9-17-31(27)41-37(28)35/h1-23,41H. The van der Waals surface area contributed by atoms with Crippen LogP contribution >= 0.6 is 11.3 Å². The molecule has 0 atom stereocenters. The number of thiophene rings is 1. The van der Waals surface area contributed by atoms with E-state index < -0.39 is 0 Å². The number of fused-ring (bicyclic) bond motifs is 10. The summed E-state index contributed by atoms with van der Waals surface area (Å²) in [5, 5.41) is 6.14. The van der Waals surface area contributed by atoms with Gasteiger partial charge in [-0.15, -0.1) is 11.3 Å². The van der Waals surface area contributed by atoms with E-state index in [1.807, 2.05) is 24.3 Å². The highest BCUT2D eigenvalue weighted by Gasteiger charge is 2.20. The smallest absolute Gasteiger partial charge is 0.160 e. The number of hydrogen-bond donors (Lipinski definition) is 1. The summed E-state index contributed by atoms with van der Waals surface area (Å²) in [7, 11) is 0. The van der Waals surface area contributed by atoms with Crippen molar-refractivity contribution in [1.29, 1.82) is 0 Å². The number of rotatable bonds is 3. The highest BCUT2D eigenvalue weighted by molar-refractivity contribution is 7.26. The van der Waals surface area contributed by atoms with Gasteiger partial charge in [0.05, 0.1) is 32.5 Å². The summed E-state index contributed by atoms with van der Waals surface area (Å²) in [6.45, 7) is 0. The van der Waals surface area contributed by atoms with Crippen LogP contribution in [0.2, 0.25) is 0 Å². The number of aromatic amines is 1. The van der Waals surface area contributed by atoms with Gasteiger partial charge in [0.1, 0.15) is 0 Å². The molecule has 4 aromatic heterocycles. The van der Waals surface area contributed by atoms with Gasteiger partial charge < -0.3 is 9.55 Å². The van der Waals surface area contributed by atoms with Crippen LogP contribution in [0.25, 0.3) is 92.2 Å². The fraction of sp³-hybridized carbons (Fsp3) is 0. The van der Waals surface area contributed by atoms with Crippen LogP contribution in [0.3, 0.4) is 0 Å². The molecule has 0 fully saturated rings. The van der Waals surface area contributed by atoms with Crippen LogP contribution in [0.5, 0.6) is 0 Å². The molecule has 210 valence electrons. The number of hydrogen-bond acceptors (Lipinski definition) is 3. The number of benzene rings is 6. The van der Waals surface area contributed by atoms with Crippen LogP contribution in [0, 0.1) is 0 Å². The Morgan fingerprint density at radius 2 is 1.27 bits per heavy atom. The van der Waals surface area contributed by atoms with Gasteiger partial charge in [-0.2, -0.15) is 0 Å². The molecule has 4 heterocycles. The Balaban J connectivity index is 1.25. The van der Waals surface area contributed by atoms with Crippen molar-refractivity contribution in [2.75, 3.05) is 0 Å². The molecule has 0 saturated carbocycles. The van der Waals surface area contributed by atoms with Gasteiger partial charge in [0.25, 0.3) is 0 Å². The Morgan fingerprint density at radius 1 is 0.556 bits per heavy atom. The van der Waals surface area contributed by atoms with E-state index in [4.69, 9.17) is 9.97 Å². The molecular weight excluding hydrogens is 569 g/mol. The van der Waals surface area contributed by atoms with Gasteiger partial charge in [0, 0.05) is 54.0 Å². The predicted octanol–water partition coefficient (Wildman–Crippen LogP) is 10.9. The minimum absolute atomic E-state index is 0.746. The molecule has 0 bridgehead atoms. The number of nitrogens with zero attached hydrogens (tertiary/aromatic N) is 3. The fourth-order valence-corrected chi connectivity index (χ4v) is 8.12. The minimum atomic E-state index is 0.746. The summed E-state index contributed by atoms with van der Waals surface area (Å²) >= 11 is 1.77. The zero-order valence-corrected chi connectivity index (χ0v) is 24.8. The van der Waals surface area contributed by atoms with E-state index in [0.29, 0.717) is 0 Å². The molecule has 6 aromatic carbocycles. The first-order valence-electron chi connectivity index (χ1n) is 15.1. The Kier molecular flexibility index (Phi) is 5.12. The highest BCUT2D eigenvalue weighted by atomic mass is 32.1. The first-order chi connectivity index (χ1) is 22.3. The molecule has 45 heavy (non-hydrogen) atoms. The van der Waals surface area contributed by atoms with Crippen molar-refractivity contribution in [2.45, 2.75) is 0 Å².